The molecule has 174 valence electrons. The molecule has 0 unspecified atom stereocenters. The fourth-order valence-corrected chi connectivity index (χ4v) is 3.56. The Hall–Kier alpha value is -2.62. The largest absolute Gasteiger partial charge is 0.473 e. The molecular formula is C22H30N4O5S. The number of allylic oxidation sites excluding steroid dienone is 2. The summed E-state index contributed by atoms with van der Waals surface area (Å²) in [4.78, 5) is 47.4. The molecule has 0 aliphatic carbocycles. The normalized spacial score (nSPS) is 29.2. The van der Waals surface area contributed by atoms with Crippen LogP contribution in [0.5, 0.6) is 0 Å². The zero-order chi connectivity index (χ0) is 23.3. The van der Waals surface area contributed by atoms with Gasteiger partial charge in [-0.2, -0.15) is 12.6 Å². The van der Waals surface area contributed by atoms with Crippen LogP contribution in [-0.2, 0) is 23.9 Å². The van der Waals surface area contributed by atoms with Crippen LogP contribution in [0.25, 0.3) is 0 Å². The zero-order valence-corrected chi connectivity index (χ0v) is 19.5. The Bertz CT molecular complexity index is 895. The van der Waals surface area contributed by atoms with Crippen LogP contribution in [0.4, 0.5) is 0 Å². The number of aliphatic imine (C=N–C) groups is 2. The SMILES string of the molecule is CC(C)[C@@H]1NC(=O)[C@]2(C)COC(=N2)C2=CCC(=N2)CNC(=O)C[C@@H](/C=C/CCS)OC1=O. The van der Waals surface area contributed by atoms with Gasteiger partial charge in [-0.25, -0.2) is 9.79 Å². The lowest BCUT2D eigenvalue weighted by Crippen LogP contribution is -2.53. The minimum absolute atomic E-state index is 0.0331. The van der Waals surface area contributed by atoms with E-state index >= 15 is 0 Å². The van der Waals surface area contributed by atoms with E-state index in [4.69, 9.17) is 9.47 Å². The summed E-state index contributed by atoms with van der Waals surface area (Å²) in [6.45, 7) is 5.58. The third-order valence-electron chi connectivity index (χ3n) is 5.35. The van der Waals surface area contributed by atoms with Crippen LogP contribution in [0.2, 0.25) is 0 Å². The second kappa shape index (κ2) is 10.3. The molecule has 2 N–H and O–H groups in total. The molecule has 0 saturated heterocycles. The third kappa shape index (κ3) is 5.79. The first kappa shape index (κ1) is 24.0. The first-order chi connectivity index (χ1) is 15.2. The average Bonchev–Trinajstić information content (AvgIpc) is 3.37. The molecule has 0 spiro atoms. The Labute approximate surface area is 193 Å². The molecule has 4 bridgehead atoms. The van der Waals surface area contributed by atoms with Gasteiger partial charge in [-0.05, 0) is 37.2 Å². The lowest BCUT2D eigenvalue weighted by molar-refractivity contribution is -0.153. The maximum atomic E-state index is 13.0. The van der Waals surface area contributed by atoms with Gasteiger partial charge in [-0.15, -0.1) is 0 Å². The van der Waals surface area contributed by atoms with E-state index < -0.39 is 29.6 Å². The van der Waals surface area contributed by atoms with Gasteiger partial charge in [-0.1, -0.05) is 19.9 Å². The van der Waals surface area contributed by atoms with Crippen LogP contribution in [0.3, 0.4) is 0 Å². The van der Waals surface area contributed by atoms with Crippen molar-refractivity contribution in [3.8, 4) is 0 Å². The van der Waals surface area contributed by atoms with Gasteiger partial charge in [0, 0.05) is 12.1 Å². The molecule has 3 atom stereocenters. The Morgan fingerprint density at radius 2 is 2.12 bits per heavy atom. The Morgan fingerprint density at radius 3 is 2.84 bits per heavy atom. The van der Waals surface area contributed by atoms with Gasteiger partial charge in [0.15, 0.2) is 5.54 Å². The number of cyclic esters (lactones) is 1. The number of ether oxygens (including phenoxy) is 2. The highest BCUT2D eigenvalue weighted by molar-refractivity contribution is 7.80. The second-order valence-corrected chi connectivity index (χ2v) is 8.99. The lowest BCUT2D eigenvalue weighted by Gasteiger charge is -2.26. The van der Waals surface area contributed by atoms with Crippen molar-refractivity contribution in [1.82, 2.24) is 10.6 Å². The Balaban J connectivity index is 1.89. The van der Waals surface area contributed by atoms with Crippen molar-refractivity contribution in [1.29, 1.82) is 0 Å². The number of rotatable bonds is 4. The van der Waals surface area contributed by atoms with Crippen LogP contribution in [0.15, 0.2) is 33.9 Å². The number of hydrogen-bond donors (Lipinski definition) is 3. The molecule has 2 amide bonds. The topological polar surface area (TPSA) is 118 Å². The fourth-order valence-electron chi connectivity index (χ4n) is 3.41. The average molecular weight is 463 g/mol. The van der Waals surface area contributed by atoms with Crippen molar-refractivity contribution >= 4 is 42.0 Å². The molecule has 3 rings (SSSR count). The summed E-state index contributed by atoms with van der Waals surface area (Å²) < 4.78 is 11.3. The predicted molar refractivity (Wildman–Crippen MR) is 124 cm³/mol. The van der Waals surface area contributed by atoms with E-state index in [2.05, 4.69) is 33.2 Å². The zero-order valence-electron chi connectivity index (χ0n) is 18.6. The van der Waals surface area contributed by atoms with Gasteiger partial charge in [-0.3, -0.25) is 14.6 Å². The number of amides is 2. The number of thiol groups is 1. The number of nitrogens with zero attached hydrogens (tertiary/aromatic N) is 2. The van der Waals surface area contributed by atoms with Gasteiger partial charge in [0.25, 0.3) is 5.91 Å². The summed E-state index contributed by atoms with van der Waals surface area (Å²) in [7, 11) is 0. The summed E-state index contributed by atoms with van der Waals surface area (Å²) in [5.41, 5.74) is 0.119. The number of hydrogen-bond acceptors (Lipinski definition) is 8. The van der Waals surface area contributed by atoms with Gasteiger partial charge >= 0.3 is 5.97 Å². The standard InChI is InChI=1S/C22H30N4O5S/c1-13(2)18-20(28)31-15(6-4-5-9-32)10-17(27)23-11-14-7-8-16(24-14)19-26-22(3,12-30-19)21(29)25-18/h4,6,8,13,15,18,32H,5,7,9-12H2,1-3H3,(H,23,27)(H,25,29)/b6-4+/t15-,18+,22+/m1/s1. The van der Waals surface area contributed by atoms with Crippen molar-refractivity contribution in [3.05, 3.63) is 23.9 Å². The van der Waals surface area contributed by atoms with Crippen molar-refractivity contribution in [2.75, 3.05) is 18.9 Å². The van der Waals surface area contributed by atoms with Gasteiger partial charge in [0.05, 0.1) is 13.0 Å². The molecule has 0 fully saturated rings. The maximum Gasteiger partial charge on any atom is 0.329 e. The highest BCUT2D eigenvalue weighted by atomic mass is 32.1. The van der Waals surface area contributed by atoms with E-state index in [-0.39, 0.29) is 37.3 Å². The van der Waals surface area contributed by atoms with E-state index in [1.54, 1.807) is 13.0 Å². The number of nitrogens with one attached hydrogen (secondary N) is 2. The minimum Gasteiger partial charge on any atom is -0.473 e. The molecule has 9 nitrogen and oxygen atoms in total. The summed E-state index contributed by atoms with van der Waals surface area (Å²) in [6.07, 6.45) is 5.80. The molecule has 0 radical (unpaired) electrons. The van der Waals surface area contributed by atoms with Crippen LogP contribution < -0.4 is 10.6 Å². The van der Waals surface area contributed by atoms with Crippen molar-refractivity contribution < 1.29 is 23.9 Å². The highest BCUT2D eigenvalue weighted by Gasteiger charge is 2.43. The molecule has 0 aromatic rings. The molecule has 3 heterocycles. The summed E-state index contributed by atoms with van der Waals surface area (Å²) >= 11 is 4.17. The Kier molecular flexibility index (Phi) is 7.76. The molecule has 3 aliphatic heterocycles. The quantitative estimate of drug-likeness (QED) is 0.331. The molecule has 0 saturated carbocycles. The van der Waals surface area contributed by atoms with E-state index in [1.807, 2.05) is 26.0 Å². The van der Waals surface area contributed by atoms with Gasteiger partial charge < -0.3 is 20.1 Å². The van der Waals surface area contributed by atoms with Crippen LogP contribution in [0, 0.1) is 5.92 Å². The number of esters is 1. The van der Waals surface area contributed by atoms with E-state index in [0.29, 0.717) is 24.3 Å². The summed E-state index contributed by atoms with van der Waals surface area (Å²) in [5.74, 6) is -0.624. The third-order valence-corrected chi connectivity index (χ3v) is 5.61. The minimum atomic E-state index is -1.18. The first-order valence-electron chi connectivity index (χ1n) is 10.8. The van der Waals surface area contributed by atoms with Gasteiger partial charge in [0.1, 0.15) is 24.4 Å². The number of carbonyl (C=O) groups is 3. The maximum absolute atomic E-state index is 13.0. The van der Waals surface area contributed by atoms with E-state index in [9.17, 15) is 14.4 Å². The number of carbonyl (C=O) groups excluding carboxylic acids is 3. The first-order valence-corrected chi connectivity index (χ1v) is 11.4. The number of fused-ring (bicyclic) bond motifs is 3. The van der Waals surface area contributed by atoms with Crippen LogP contribution >= 0.6 is 12.6 Å². The molecular weight excluding hydrogens is 432 g/mol. The van der Waals surface area contributed by atoms with Crippen LogP contribution in [-0.4, -0.2) is 66.0 Å². The molecule has 0 aromatic carbocycles. The van der Waals surface area contributed by atoms with Gasteiger partial charge in [0.2, 0.25) is 11.8 Å². The monoisotopic (exact) mass is 462 g/mol. The van der Waals surface area contributed by atoms with E-state index in [0.717, 1.165) is 5.71 Å². The van der Waals surface area contributed by atoms with Crippen molar-refractivity contribution in [2.45, 2.75) is 57.7 Å². The lowest BCUT2D eigenvalue weighted by atomic mass is 10.00. The summed E-state index contributed by atoms with van der Waals surface area (Å²) in [6, 6.07) is -0.898. The second-order valence-electron chi connectivity index (χ2n) is 8.54. The fraction of sp³-hybridized carbons (Fsp3) is 0.591. The Morgan fingerprint density at radius 1 is 1.34 bits per heavy atom. The molecule has 3 aliphatic rings. The highest BCUT2D eigenvalue weighted by Crippen LogP contribution is 2.25. The van der Waals surface area contributed by atoms with Crippen molar-refractivity contribution in [2.24, 2.45) is 15.9 Å². The van der Waals surface area contributed by atoms with Crippen molar-refractivity contribution in [3.63, 3.8) is 0 Å². The molecule has 32 heavy (non-hydrogen) atoms. The summed E-state index contributed by atoms with van der Waals surface area (Å²) in [5, 5.41) is 5.59. The smallest absolute Gasteiger partial charge is 0.329 e. The molecule has 0 aromatic heterocycles. The molecule has 10 heteroatoms. The predicted octanol–water partition coefficient (Wildman–Crippen LogP) is 1.35. The van der Waals surface area contributed by atoms with Crippen LogP contribution in [0.1, 0.15) is 40.0 Å². The van der Waals surface area contributed by atoms with E-state index in [1.165, 1.54) is 0 Å².